The number of rotatable bonds is 2. The smallest absolute Gasteiger partial charge is 0.225 e. The molecule has 1 saturated carbocycles. The molecule has 1 aliphatic carbocycles. The van der Waals surface area contributed by atoms with Crippen LogP contribution in [0.4, 0.5) is 0 Å². The van der Waals surface area contributed by atoms with Crippen molar-refractivity contribution >= 4 is 11.6 Å². The van der Waals surface area contributed by atoms with Crippen LogP contribution in [0.15, 0.2) is 0 Å². The number of hydrogen-bond acceptors (Lipinski definition) is 2. The van der Waals surface area contributed by atoms with Crippen LogP contribution in [-0.4, -0.2) is 14.8 Å². The van der Waals surface area contributed by atoms with Crippen LogP contribution in [0.3, 0.4) is 0 Å². The lowest BCUT2D eigenvalue weighted by atomic mass is 10.0. The van der Waals surface area contributed by atoms with E-state index in [4.69, 9.17) is 11.6 Å². The Morgan fingerprint density at radius 1 is 1.20 bits per heavy atom. The molecule has 3 nitrogen and oxygen atoms in total. The van der Waals surface area contributed by atoms with E-state index in [9.17, 15) is 0 Å². The van der Waals surface area contributed by atoms with Crippen molar-refractivity contribution in [2.24, 2.45) is 10.8 Å². The standard InChI is InChI=1S/C11H18ClN3/c1-6-7-13-14-9(12)15(7)8-10(2,3)11(8,4)5/h8H,6H2,1-5H3. The van der Waals surface area contributed by atoms with Crippen LogP contribution in [0, 0.1) is 10.8 Å². The second-order valence-corrected chi connectivity index (χ2v) is 5.79. The molecule has 84 valence electrons. The summed E-state index contributed by atoms with van der Waals surface area (Å²) in [6.07, 6.45) is 0.877. The molecule has 0 aromatic carbocycles. The van der Waals surface area contributed by atoms with Crippen LogP contribution in [0.5, 0.6) is 0 Å². The fourth-order valence-corrected chi connectivity index (χ4v) is 2.84. The molecule has 4 heteroatoms. The molecule has 1 fully saturated rings. The van der Waals surface area contributed by atoms with E-state index in [0.717, 1.165) is 12.2 Å². The van der Waals surface area contributed by atoms with Crippen molar-refractivity contribution in [3.8, 4) is 0 Å². The molecular formula is C11H18ClN3. The topological polar surface area (TPSA) is 30.7 Å². The molecule has 0 saturated heterocycles. The van der Waals surface area contributed by atoms with Crippen LogP contribution >= 0.6 is 11.6 Å². The van der Waals surface area contributed by atoms with Crippen molar-refractivity contribution in [2.45, 2.75) is 47.1 Å². The van der Waals surface area contributed by atoms with Gasteiger partial charge in [-0.15, -0.1) is 10.2 Å². The first-order valence-electron chi connectivity index (χ1n) is 5.43. The van der Waals surface area contributed by atoms with Crippen molar-refractivity contribution in [2.75, 3.05) is 0 Å². The largest absolute Gasteiger partial charge is 0.298 e. The fraction of sp³-hybridized carbons (Fsp3) is 0.818. The van der Waals surface area contributed by atoms with E-state index in [1.54, 1.807) is 0 Å². The first kappa shape index (κ1) is 10.9. The minimum atomic E-state index is 0.267. The van der Waals surface area contributed by atoms with Gasteiger partial charge in [0, 0.05) is 12.5 Å². The van der Waals surface area contributed by atoms with Crippen LogP contribution in [0.2, 0.25) is 5.28 Å². The summed E-state index contributed by atoms with van der Waals surface area (Å²) in [4.78, 5) is 0. The molecular weight excluding hydrogens is 210 g/mol. The lowest BCUT2D eigenvalue weighted by Gasteiger charge is -2.08. The van der Waals surface area contributed by atoms with Gasteiger partial charge in [-0.25, -0.2) is 0 Å². The highest BCUT2D eigenvalue weighted by Gasteiger charge is 2.66. The van der Waals surface area contributed by atoms with Crippen LogP contribution in [0.1, 0.15) is 46.5 Å². The maximum absolute atomic E-state index is 6.10. The van der Waals surface area contributed by atoms with Gasteiger partial charge in [-0.05, 0) is 22.4 Å². The third kappa shape index (κ3) is 1.25. The predicted molar refractivity (Wildman–Crippen MR) is 61.0 cm³/mol. The van der Waals surface area contributed by atoms with Gasteiger partial charge >= 0.3 is 0 Å². The fourth-order valence-electron chi connectivity index (χ4n) is 2.61. The quantitative estimate of drug-likeness (QED) is 0.778. The molecule has 1 aliphatic rings. The van der Waals surface area contributed by atoms with Gasteiger partial charge in [-0.2, -0.15) is 0 Å². The summed E-state index contributed by atoms with van der Waals surface area (Å²) in [6, 6.07) is 0.419. The Labute approximate surface area is 95.8 Å². The number of hydrogen-bond donors (Lipinski definition) is 0. The minimum Gasteiger partial charge on any atom is -0.298 e. The van der Waals surface area contributed by atoms with Crippen molar-refractivity contribution < 1.29 is 0 Å². The summed E-state index contributed by atoms with van der Waals surface area (Å²) in [5, 5.41) is 8.59. The van der Waals surface area contributed by atoms with Gasteiger partial charge in [0.1, 0.15) is 5.82 Å². The van der Waals surface area contributed by atoms with Crippen LogP contribution < -0.4 is 0 Å². The molecule has 1 aromatic heterocycles. The Bertz CT molecular complexity index is 379. The molecule has 1 heterocycles. The Morgan fingerprint density at radius 2 is 1.73 bits per heavy atom. The normalized spacial score (nSPS) is 23.1. The second kappa shape index (κ2) is 2.97. The Kier molecular flexibility index (Phi) is 2.16. The molecule has 0 amide bonds. The molecule has 1 aromatic rings. The van der Waals surface area contributed by atoms with Gasteiger partial charge in [0.25, 0.3) is 0 Å². The molecule has 0 spiro atoms. The average molecular weight is 228 g/mol. The van der Waals surface area contributed by atoms with E-state index in [0.29, 0.717) is 11.3 Å². The zero-order valence-corrected chi connectivity index (χ0v) is 10.8. The number of nitrogens with zero attached hydrogens (tertiary/aromatic N) is 3. The van der Waals surface area contributed by atoms with Gasteiger partial charge in [0.15, 0.2) is 0 Å². The number of aromatic nitrogens is 3. The monoisotopic (exact) mass is 227 g/mol. The van der Waals surface area contributed by atoms with Gasteiger partial charge < -0.3 is 0 Å². The lowest BCUT2D eigenvalue weighted by Crippen LogP contribution is -2.05. The zero-order chi connectivity index (χ0) is 11.4. The summed E-state index contributed by atoms with van der Waals surface area (Å²) in [5.41, 5.74) is 0.534. The molecule has 0 aliphatic heterocycles. The highest BCUT2D eigenvalue weighted by atomic mass is 35.5. The third-order valence-corrected chi connectivity index (χ3v) is 4.50. The van der Waals surface area contributed by atoms with Gasteiger partial charge in [0.2, 0.25) is 5.28 Å². The zero-order valence-electron chi connectivity index (χ0n) is 10.0. The SMILES string of the molecule is CCc1nnc(Cl)n1C1C(C)(C)C1(C)C. The molecule has 0 N–H and O–H groups in total. The van der Waals surface area contributed by atoms with Gasteiger partial charge in [-0.1, -0.05) is 34.6 Å². The Balaban J connectivity index is 2.45. The summed E-state index contributed by atoms with van der Waals surface area (Å²) >= 11 is 6.10. The predicted octanol–water partition coefficient (Wildman–Crippen LogP) is 3.10. The number of halogens is 1. The van der Waals surface area contributed by atoms with Crippen molar-refractivity contribution in [1.29, 1.82) is 0 Å². The van der Waals surface area contributed by atoms with Crippen molar-refractivity contribution in [3.05, 3.63) is 11.1 Å². The molecule has 15 heavy (non-hydrogen) atoms. The molecule has 2 rings (SSSR count). The maximum atomic E-state index is 6.10. The summed E-state index contributed by atoms with van der Waals surface area (Å²) < 4.78 is 2.10. The first-order chi connectivity index (χ1) is 6.84. The summed E-state index contributed by atoms with van der Waals surface area (Å²) in [6.45, 7) is 11.2. The third-order valence-electron chi connectivity index (χ3n) is 4.24. The summed E-state index contributed by atoms with van der Waals surface area (Å²) in [5.74, 6) is 0.989. The van der Waals surface area contributed by atoms with E-state index < -0.39 is 0 Å². The lowest BCUT2D eigenvalue weighted by molar-refractivity contribution is 0.457. The Hall–Kier alpha value is -0.570. The van der Waals surface area contributed by atoms with E-state index in [-0.39, 0.29) is 10.8 Å². The molecule has 0 atom stereocenters. The van der Waals surface area contributed by atoms with Gasteiger partial charge in [0.05, 0.1) is 0 Å². The average Bonchev–Trinajstić information content (AvgIpc) is 2.46. The molecule has 0 radical (unpaired) electrons. The highest BCUT2D eigenvalue weighted by molar-refractivity contribution is 6.28. The molecule has 0 bridgehead atoms. The van der Waals surface area contributed by atoms with Gasteiger partial charge in [-0.3, -0.25) is 4.57 Å². The first-order valence-corrected chi connectivity index (χ1v) is 5.81. The van der Waals surface area contributed by atoms with Crippen LogP contribution in [-0.2, 0) is 6.42 Å². The highest BCUT2D eigenvalue weighted by Crippen LogP contribution is 2.71. The maximum Gasteiger partial charge on any atom is 0.225 e. The van der Waals surface area contributed by atoms with Crippen LogP contribution in [0.25, 0.3) is 0 Å². The van der Waals surface area contributed by atoms with E-state index in [1.807, 2.05) is 0 Å². The van der Waals surface area contributed by atoms with Crippen molar-refractivity contribution in [1.82, 2.24) is 14.8 Å². The van der Waals surface area contributed by atoms with E-state index in [2.05, 4.69) is 49.4 Å². The second-order valence-electron chi connectivity index (χ2n) is 5.45. The Morgan fingerprint density at radius 3 is 2.13 bits per heavy atom. The summed E-state index contributed by atoms with van der Waals surface area (Å²) in [7, 11) is 0. The van der Waals surface area contributed by atoms with E-state index >= 15 is 0 Å². The number of aryl methyl sites for hydroxylation is 1. The van der Waals surface area contributed by atoms with E-state index in [1.165, 1.54) is 0 Å². The van der Waals surface area contributed by atoms with Crippen molar-refractivity contribution in [3.63, 3.8) is 0 Å². The molecule has 0 unspecified atom stereocenters. The minimum absolute atomic E-state index is 0.267.